The summed E-state index contributed by atoms with van der Waals surface area (Å²) in [5.74, 6) is -5.39. The Balaban J connectivity index is 2.85. The van der Waals surface area contributed by atoms with Crippen molar-refractivity contribution in [2.75, 3.05) is 13.1 Å². The lowest BCUT2D eigenvalue weighted by molar-refractivity contribution is -0.139. The van der Waals surface area contributed by atoms with E-state index in [1.165, 1.54) is 38.1 Å². The number of phosphoric ester groups is 1. The molecule has 0 fully saturated rings. The second kappa shape index (κ2) is 17.2. The van der Waals surface area contributed by atoms with Crippen molar-refractivity contribution >= 4 is 43.3 Å². The molecular weight excluding hydrogens is 593 g/mol. The number of hydrogen-bond acceptors (Lipinski definition) is 9. The lowest BCUT2D eigenvalue weighted by Crippen LogP contribution is -2.58. The van der Waals surface area contributed by atoms with E-state index in [1.807, 2.05) is 0 Å². The Bertz CT molecular complexity index is 1200. The van der Waals surface area contributed by atoms with E-state index in [1.54, 1.807) is 13.8 Å². The fourth-order valence-electron chi connectivity index (χ4n) is 3.68. The highest BCUT2D eigenvalue weighted by molar-refractivity contribution is 7.46. The monoisotopic (exact) mass is 631 g/mol. The van der Waals surface area contributed by atoms with Gasteiger partial charge in [-0.2, -0.15) is 0 Å². The maximum Gasteiger partial charge on any atom is 0.524 e. The van der Waals surface area contributed by atoms with Crippen LogP contribution in [0, 0.1) is 5.92 Å². The van der Waals surface area contributed by atoms with Gasteiger partial charge in [0.2, 0.25) is 29.5 Å². The van der Waals surface area contributed by atoms with Crippen molar-refractivity contribution in [3.63, 3.8) is 0 Å². The molecule has 43 heavy (non-hydrogen) atoms. The Kier molecular flexibility index (Phi) is 14.8. The Hall–Kier alpha value is -4.05. The van der Waals surface area contributed by atoms with Gasteiger partial charge in [0.05, 0.1) is 12.6 Å². The number of carbonyl (C=O) groups excluding carboxylic acids is 5. The number of carboxylic acids is 1. The van der Waals surface area contributed by atoms with Gasteiger partial charge in [-0.3, -0.25) is 38.6 Å². The molecule has 240 valence electrons. The van der Waals surface area contributed by atoms with Crippen LogP contribution in [-0.4, -0.2) is 92.8 Å². The molecule has 0 spiro atoms. The van der Waals surface area contributed by atoms with Gasteiger partial charge in [-0.05, 0) is 37.0 Å². The van der Waals surface area contributed by atoms with Crippen LogP contribution in [0.15, 0.2) is 24.3 Å². The minimum Gasteiger partial charge on any atom is -0.480 e. The second-order valence-electron chi connectivity index (χ2n) is 9.99. The fourth-order valence-corrected chi connectivity index (χ4v) is 4.08. The Morgan fingerprint density at radius 3 is 1.88 bits per heavy atom. The van der Waals surface area contributed by atoms with Crippen molar-refractivity contribution in [2.24, 2.45) is 5.92 Å². The number of aliphatic hydroxyl groups is 1. The average molecular weight is 632 g/mol. The maximum absolute atomic E-state index is 12.9. The van der Waals surface area contributed by atoms with E-state index in [9.17, 15) is 38.4 Å². The number of phosphoric acid groups is 1. The van der Waals surface area contributed by atoms with Gasteiger partial charge in [-0.1, -0.05) is 26.0 Å². The summed E-state index contributed by atoms with van der Waals surface area (Å²) < 4.78 is 15.4. The first-order chi connectivity index (χ1) is 19.9. The van der Waals surface area contributed by atoms with Gasteiger partial charge >= 0.3 is 13.8 Å². The van der Waals surface area contributed by atoms with Crippen molar-refractivity contribution in [1.82, 2.24) is 26.6 Å². The summed E-state index contributed by atoms with van der Waals surface area (Å²) in [4.78, 5) is 90.8. The number of rotatable bonds is 17. The predicted octanol–water partition coefficient (Wildman–Crippen LogP) is -2.08. The van der Waals surface area contributed by atoms with Gasteiger partial charge in [-0.25, -0.2) is 4.57 Å². The minimum atomic E-state index is -4.77. The van der Waals surface area contributed by atoms with Crippen molar-refractivity contribution in [3.8, 4) is 5.75 Å². The van der Waals surface area contributed by atoms with Gasteiger partial charge < -0.3 is 41.3 Å². The number of benzene rings is 1. The predicted molar refractivity (Wildman–Crippen MR) is 149 cm³/mol. The normalized spacial score (nSPS) is 14.0. The molecule has 0 aliphatic carbocycles. The quantitative estimate of drug-likeness (QED) is 0.0839. The maximum atomic E-state index is 12.9. The molecule has 1 rings (SSSR count). The van der Waals surface area contributed by atoms with E-state index in [0.29, 0.717) is 5.56 Å². The van der Waals surface area contributed by atoms with E-state index in [0.717, 1.165) is 0 Å². The van der Waals surface area contributed by atoms with Crippen LogP contribution in [-0.2, 0) is 39.8 Å². The zero-order valence-electron chi connectivity index (χ0n) is 24.0. The second-order valence-corrected chi connectivity index (χ2v) is 11.2. The molecule has 4 atom stereocenters. The van der Waals surface area contributed by atoms with Gasteiger partial charge in [0.25, 0.3) is 0 Å². The van der Waals surface area contributed by atoms with E-state index in [2.05, 4.69) is 31.1 Å². The zero-order chi connectivity index (χ0) is 32.9. The lowest BCUT2D eigenvalue weighted by atomic mass is 10.0. The number of hydrogen-bond donors (Lipinski definition) is 9. The summed E-state index contributed by atoms with van der Waals surface area (Å²) in [5.41, 5.74) is 0.477. The van der Waals surface area contributed by atoms with Crippen molar-refractivity contribution in [2.45, 2.75) is 64.8 Å². The van der Waals surface area contributed by atoms with Crippen LogP contribution in [0.25, 0.3) is 0 Å². The van der Waals surface area contributed by atoms with E-state index >= 15 is 0 Å². The zero-order valence-corrected chi connectivity index (χ0v) is 24.9. The number of amides is 5. The van der Waals surface area contributed by atoms with Crippen molar-refractivity contribution in [1.29, 1.82) is 0 Å². The van der Waals surface area contributed by atoms with Crippen molar-refractivity contribution < 1.29 is 57.9 Å². The Morgan fingerprint density at radius 2 is 1.40 bits per heavy atom. The molecule has 9 N–H and O–H groups in total. The molecule has 0 saturated heterocycles. The number of nitrogens with one attached hydrogen (secondary N) is 5. The number of aliphatic carboxylic acids is 1. The smallest absolute Gasteiger partial charge is 0.480 e. The summed E-state index contributed by atoms with van der Waals surface area (Å²) in [6, 6.07) is 1.50. The Labute approximate surface area is 247 Å². The molecule has 0 unspecified atom stereocenters. The van der Waals surface area contributed by atoms with E-state index < -0.39 is 80.6 Å². The van der Waals surface area contributed by atoms with Crippen LogP contribution in [0.5, 0.6) is 5.75 Å². The molecule has 18 heteroatoms. The minimum absolute atomic E-state index is 0.0664. The third-order valence-electron chi connectivity index (χ3n) is 5.54. The van der Waals surface area contributed by atoms with E-state index in [4.69, 9.17) is 14.9 Å². The summed E-state index contributed by atoms with van der Waals surface area (Å²) in [6.45, 7) is 4.59. The highest BCUT2D eigenvalue weighted by atomic mass is 31.2. The molecule has 0 aliphatic heterocycles. The number of carboxylic acid groups (broad SMARTS) is 1. The molecule has 5 amide bonds. The SMILES string of the molecule is CC(=O)N[C@@H](Cc1ccc(OP(=O)(O)O)cc1)C(=O)NCC(=O)N[C@H](C(=O)N[C@@H](CC(C)C)C(=O)NCC(=O)O)[C@@H](C)O. The molecule has 0 radical (unpaired) electrons. The van der Waals surface area contributed by atoms with Crippen molar-refractivity contribution in [3.05, 3.63) is 29.8 Å². The lowest BCUT2D eigenvalue weighted by Gasteiger charge is -2.25. The van der Waals surface area contributed by atoms with Gasteiger partial charge in [0.15, 0.2) is 0 Å². The van der Waals surface area contributed by atoms with Crippen LogP contribution < -0.4 is 31.1 Å². The molecular formula is C25H38N5O12P. The van der Waals surface area contributed by atoms with E-state index in [-0.39, 0.29) is 24.5 Å². The molecule has 0 bridgehead atoms. The largest absolute Gasteiger partial charge is 0.524 e. The van der Waals surface area contributed by atoms with Crippen LogP contribution in [0.4, 0.5) is 0 Å². The highest BCUT2D eigenvalue weighted by Crippen LogP contribution is 2.37. The summed E-state index contributed by atoms with van der Waals surface area (Å²) in [5, 5.41) is 30.5. The topological polar surface area (TPSA) is 270 Å². The van der Waals surface area contributed by atoms with Crippen LogP contribution in [0.1, 0.15) is 39.7 Å². The molecule has 0 heterocycles. The first kappa shape index (κ1) is 37.0. The van der Waals surface area contributed by atoms with Crippen LogP contribution in [0.3, 0.4) is 0 Å². The molecule has 0 aromatic heterocycles. The summed E-state index contributed by atoms with van der Waals surface area (Å²) >= 11 is 0. The summed E-state index contributed by atoms with van der Waals surface area (Å²) in [7, 11) is -4.77. The highest BCUT2D eigenvalue weighted by Gasteiger charge is 2.31. The van der Waals surface area contributed by atoms with Gasteiger partial charge in [-0.15, -0.1) is 0 Å². The fraction of sp³-hybridized carbons (Fsp3) is 0.520. The molecule has 1 aromatic rings. The molecule has 17 nitrogen and oxygen atoms in total. The van der Waals surface area contributed by atoms with Crippen LogP contribution >= 0.6 is 7.82 Å². The third-order valence-corrected chi connectivity index (χ3v) is 5.99. The Morgan fingerprint density at radius 1 is 0.837 bits per heavy atom. The average Bonchev–Trinajstić information content (AvgIpc) is 2.87. The summed E-state index contributed by atoms with van der Waals surface area (Å²) in [6.07, 6.45) is -1.35. The first-order valence-electron chi connectivity index (χ1n) is 13.0. The molecule has 0 aliphatic rings. The van der Waals surface area contributed by atoms with Crippen LogP contribution in [0.2, 0.25) is 0 Å². The van der Waals surface area contributed by atoms with Gasteiger partial charge in [0, 0.05) is 13.3 Å². The molecule has 1 aromatic carbocycles. The number of aliphatic hydroxyl groups excluding tert-OH is 1. The van der Waals surface area contributed by atoms with Gasteiger partial charge in [0.1, 0.15) is 30.4 Å². The standard InChI is InChI=1S/C25H38N5O12P/c1-13(2)9-18(23(36)27-12-21(34)35)29-25(38)22(14(3)31)30-20(33)11-26-24(37)19(28-15(4)32)10-16-5-7-17(8-6-16)42-43(39,40)41/h5-8,13-14,18-19,22,31H,9-12H2,1-4H3,(H,26,37)(H,27,36)(H,28,32)(H,29,38)(H,30,33)(H,34,35)(H2,39,40,41)/t14-,18+,19+,22+/m1/s1. The molecule has 0 saturated carbocycles. The third kappa shape index (κ3) is 15.1. The first-order valence-corrected chi connectivity index (χ1v) is 14.6. The number of carbonyl (C=O) groups is 6.